The van der Waals surface area contributed by atoms with Gasteiger partial charge in [0.2, 0.25) is 0 Å². The first kappa shape index (κ1) is 19.8. The molecule has 0 unspecified atom stereocenters. The van der Waals surface area contributed by atoms with Gasteiger partial charge in [-0.15, -0.1) is 0 Å². The van der Waals surface area contributed by atoms with E-state index in [1.165, 1.54) is 0 Å². The van der Waals surface area contributed by atoms with Crippen molar-refractivity contribution in [3.8, 4) is 5.75 Å². The fourth-order valence-electron chi connectivity index (χ4n) is 2.26. The summed E-state index contributed by atoms with van der Waals surface area (Å²) in [6.45, 7) is 2.03. The molecule has 0 saturated heterocycles. The Morgan fingerprint density at radius 3 is 2.38 bits per heavy atom. The van der Waals surface area contributed by atoms with Gasteiger partial charge in [0.25, 0.3) is 5.91 Å². The SMILES string of the molecule is CCOC(=O)[C@H](CSCc1ccc(OC)cc1)NC(=O)c1ccccc1. The molecule has 2 aromatic rings. The predicted molar refractivity (Wildman–Crippen MR) is 103 cm³/mol. The van der Waals surface area contributed by atoms with E-state index in [0.717, 1.165) is 17.1 Å². The van der Waals surface area contributed by atoms with E-state index in [2.05, 4.69) is 5.32 Å². The third-order valence-corrected chi connectivity index (χ3v) is 4.73. The molecule has 0 saturated carbocycles. The lowest BCUT2D eigenvalue weighted by molar-refractivity contribution is -0.144. The van der Waals surface area contributed by atoms with E-state index >= 15 is 0 Å². The summed E-state index contributed by atoms with van der Waals surface area (Å²) in [7, 11) is 1.63. The molecular weight excluding hydrogens is 350 g/mol. The number of hydrogen-bond acceptors (Lipinski definition) is 5. The summed E-state index contributed by atoms with van der Waals surface area (Å²) < 4.78 is 10.2. The second-order valence-corrected chi connectivity index (χ2v) is 6.54. The summed E-state index contributed by atoms with van der Waals surface area (Å²) in [5.41, 5.74) is 1.63. The zero-order valence-corrected chi connectivity index (χ0v) is 15.8. The van der Waals surface area contributed by atoms with Crippen LogP contribution in [0.4, 0.5) is 0 Å². The lowest BCUT2D eigenvalue weighted by Crippen LogP contribution is -2.43. The monoisotopic (exact) mass is 373 g/mol. The molecule has 2 aromatic carbocycles. The molecule has 26 heavy (non-hydrogen) atoms. The first-order valence-electron chi connectivity index (χ1n) is 8.37. The van der Waals surface area contributed by atoms with Crippen molar-refractivity contribution in [2.45, 2.75) is 18.7 Å². The van der Waals surface area contributed by atoms with E-state index in [-0.39, 0.29) is 12.5 Å². The normalized spacial score (nSPS) is 11.5. The van der Waals surface area contributed by atoms with Crippen molar-refractivity contribution in [2.24, 2.45) is 0 Å². The van der Waals surface area contributed by atoms with Crippen molar-refractivity contribution in [1.29, 1.82) is 0 Å². The maximum atomic E-state index is 12.3. The number of nitrogens with one attached hydrogen (secondary N) is 1. The van der Waals surface area contributed by atoms with Crippen molar-refractivity contribution in [2.75, 3.05) is 19.5 Å². The smallest absolute Gasteiger partial charge is 0.329 e. The summed E-state index contributed by atoms with van der Waals surface area (Å²) in [6, 6.07) is 15.9. The Morgan fingerprint density at radius 1 is 1.08 bits per heavy atom. The summed E-state index contributed by atoms with van der Waals surface area (Å²) in [4.78, 5) is 24.5. The highest BCUT2D eigenvalue weighted by molar-refractivity contribution is 7.98. The molecule has 0 bridgehead atoms. The maximum Gasteiger partial charge on any atom is 0.329 e. The molecule has 0 spiro atoms. The predicted octanol–water partition coefficient (Wildman–Crippen LogP) is 3.29. The third-order valence-electron chi connectivity index (χ3n) is 3.62. The second-order valence-electron chi connectivity index (χ2n) is 5.51. The number of thioether (sulfide) groups is 1. The van der Waals surface area contributed by atoms with Gasteiger partial charge in [0.15, 0.2) is 0 Å². The molecule has 5 nitrogen and oxygen atoms in total. The van der Waals surface area contributed by atoms with Crippen LogP contribution in [-0.4, -0.2) is 37.4 Å². The van der Waals surface area contributed by atoms with E-state index in [1.807, 2.05) is 30.3 Å². The van der Waals surface area contributed by atoms with E-state index in [1.54, 1.807) is 50.1 Å². The fraction of sp³-hybridized carbons (Fsp3) is 0.300. The van der Waals surface area contributed by atoms with Gasteiger partial charge in [-0.05, 0) is 36.8 Å². The van der Waals surface area contributed by atoms with Crippen LogP contribution in [0.15, 0.2) is 54.6 Å². The molecular formula is C20H23NO4S. The number of carbonyl (C=O) groups is 2. The molecule has 2 rings (SSSR count). The number of carbonyl (C=O) groups excluding carboxylic acids is 2. The Hall–Kier alpha value is -2.47. The molecule has 6 heteroatoms. The van der Waals surface area contributed by atoms with E-state index in [4.69, 9.17) is 9.47 Å². The highest BCUT2D eigenvalue weighted by atomic mass is 32.2. The maximum absolute atomic E-state index is 12.3. The number of amides is 1. The van der Waals surface area contributed by atoms with Crippen LogP contribution in [0.5, 0.6) is 5.75 Å². The molecule has 1 N–H and O–H groups in total. The van der Waals surface area contributed by atoms with Gasteiger partial charge >= 0.3 is 5.97 Å². The van der Waals surface area contributed by atoms with Crippen LogP contribution in [0.2, 0.25) is 0 Å². The van der Waals surface area contributed by atoms with Crippen molar-refractivity contribution in [3.63, 3.8) is 0 Å². The Kier molecular flexibility index (Phi) is 8.02. The van der Waals surface area contributed by atoms with Gasteiger partial charge < -0.3 is 14.8 Å². The number of esters is 1. The highest BCUT2D eigenvalue weighted by Gasteiger charge is 2.22. The standard InChI is InChI=1S/C20H23NO4S/c1-3-25-20(23)18(21-19(22)16-7-5-4-6-8-16)14-26-13-15-9-11-17(24-2)12-10-15/h4-12,18H,3,13-14H2,1-2H3,(H,21,22)/t18-/m0/s1. The van der Waals surface area contributed by atoms with Crippen LogP contribution >= 0.6 is 11.8 Å². The van der Waals surface area contributed by atoms with Gasteiger partial charge in [-0.25, -0.2) is 4.79 Å². The molecule has 0 aliphatic heterocycles. The number of benzene rings is 2. The van der Waals surface area contributed by atoms with Crippen molar-refractivity contribution in [1.82, 2.24) is 5.32 Å². The van der Waals surface area contributed by atoms with Crippen LogP contribution in [0.3, 0.4) is 0 Å². The van der Waals surface area contributed by atoms with Crippen LogP contribution in [0, 0.1) is 0 Å². The fourth-order valence-corrected chi connectivity index (χ4v) is 3.26. The number of rotatable bonds is 9. The van der Waals surface area contributed by atoms with Crippen molar-refractivity contribution in [3.05, 3.63) is 65.7 Å². The van der Waals surface area contributed by atoms with E-state index < -0.39 is 12.0 Å². The summed E-state index contributed by atoms with van der Waals surface area (Å²) >= 11 is 1.56. The molecule has 1 amide bonds. The lowest BCUT2D eigenvalue weighted by Gasteiger charge is -2.17. The van der Waals surface area contributed by atoms with Crippen LogP contribution in [0.1, 0.15) is 22.8 Å². The van der Waals surface area contributed by atoms with Gasteiger partial charge in [-0.3, -0.25) is 4.79 Å². The number of methoxy groups -OCH3 is 1. The lowest BCUT2D eigenvalue weighted by atomic mass is 10.2. The minimum atomic E-state index is -0.689. The van der Waals surface area contributed by atoms with Crippen LogP contribution in [-0.2, 0) is 15.3 Å². The highest BCUT2D eigenvalue weighted by Crippen LogP contribution is 2.17. The molecule has 0 aromatic heterocycles. The minimum absolute atomic E-state index is 0.277. The molecule has 0 aliphatic rings. The van der Waals surface area contributed by atoms with Gasteiger partial charge in [-0.2, -0.15) is 11.8 Å². The first-order valence-corrected chi connectivity index (χ1v) is 9.52. The van der Waals surface area contributed by atoms with Gasteiger partial charge in [-0.1, -0.05) is 30.3 Å². The zero-order chi connectivity index (χ0) is 18.8. The minimum Gasteiger partial charge on any atom is -0.497 e. The van der Waals surface area contributed by atoms with Crippen LogP contribution in [0.25, 0.3) is 0 Å². The quantitative estimate of drug-likeness (QED) is 0.684. The van der Waals surface area contributed by atoms with Gasteiger partial charge in [0.05, 0.1) is 13.7 Å². The Morgan fingerprint density at radius 2 is 1.77 bits per heavy atom. The van der Waals surface area contributed by atoms with Crippen molar-refractivity contribution < 1.29 is 19.1 Å². The number of hydrogen-bond donors (Lipinski definition) is 1. The zero-order valence-electron chi connectivity index (χ0n) is 14.9. The molecule has 1 atom stereocenters. The number of ether oxygens (including phenoxy) is 2. The van der Waals surface area contributed by atoms with Gasteiger partial charge in [0.1, 0.15) is 11.8 Å². The molecule has 0 heterocycles. The summed E-state index contributed by atoms with van der Waals surface area (Å²) in [5.74, 6) is 1.26. The van der Waals surface area contributed by atoms with Gasteiger partial charge in [0, 0.05) is 17.1 Å². The first-order chi connectivity index (χ1) is 12.6. The average Bonchev–Trinajstić information content (AvgIpc) is 2.68. The molecule has 138 valence electrons. The topological polar surface area (TPSA) is 64.6 Å². The average molecular weight is 373 g/mol. The molecule has 0 fully saturated rings. The summed E-state index contributed by atoms with van der Waals surface area (Å²) in [6.07, 6.45) is 0. The molecule has 0 aliphatic carbocycles. The van der Waals surface area contributed by atoms with E-state index in [9.17, 15) is 9.59 Å². The van der Waals surface area contributed by atoms with Crippen LogP contribution < -0.4 is 10.1 Å². The summed E-state index contributed by atoms with van der Waals surface area (Å²) in [5, 5.41) is 2.77. The van der Waals surface area contributed by atoms with Crippen molar-refractivity contribution >= 4 is 23.6 Å². The van der Waals surface area contributed by atoms with E-state index in [0.29, 0.717) is 11.3 Å². The third kappa shape index (κ3) is 6.11. The Balaban J connectivity index is 1.93. The Labute approximate surface area is 158 Å². The Bertz CT molecular complexity index is 704. The molecule has 0 radical (unpaired) electrons. The largest absolute Gasteiger partial charge is 0.497 e. The second kappa shape index (κ2) is 10.5.